The minimum Gasteiger partial charge on any atom is -0.496 e. The fourth-order valence-electron chi connectivity index (χ4n) is 4.41. The molecule has 0 aliphatic carbocycles. The monoisotopic (exact) mass is 466 g/mol. The Kier molecular flexibility index (Phi) is 6.42. The van der Waals surface area contributed by atoms with Crippen LogP contribution in [0.4, 0.5) is 5.95 Å². The number of anilines is 1. The van der Waals surface area contributed by atoms with Crippen molar-refractivity contribution in [1.29, 1.82) is 0 Å². The van der Waals surface area contributed by atoms with Gasteiger partial charge < -0.3 is 19.7 Å². The normalized spacial score (nSPS) is 17.8. The molecule has 0 unspecified atom stereocenters. The largest absolute Gasteiger partial charge is 0.496 e. The van der Waals surface area contributed by atoms with Crippen molar-refractivity contribution in [3.63, 3.8) is 0 Å². The highest BCUT2D eigenvalue weighted by Crippen LogP contribution is 2.43. The third-order valence-corrected chi connectivity index (χ3v) is 6.49. The highest BCUT2D eigenvalue weighted by atomic mass is 35.5. The third-order valence-electron chi connectivity index (χ3n) is 6.12. The van der Waals surface area contributed by atoms with E-state index in [2.05, 4.69) is 21.9 Å². The molecule has 0 bridgehead atoms. The lowest BCUT2D eigenvalue weighted by atomic mass is 9.98. The zero-order valence-electron chi connectivity index (χ0n) is 19.2. The average Bonchev–Trinajstić information content (AvgIpc) is 3.18. The van der Waals surface area contributed by atoms with Crippen LogP contribution >= 0.6 is 11.6 Å². The highest BCUT2D eigenvalue weighted by molar-refractivity contribution is 6.35. The first-order chi connectivity index (χ1) is 15.9. The first-order valence-corrected chi connectivity index (χ1v) is 11.1. The van der Waals surface area contributed by atoms with Crippen molar-refractivity contribution in [2.45, 2.75) is 32.4 Å². The number of halogens is 1. The number of carbonyl (C=O) groups is 1. The summed E-state index contributed by atoms with van der Waals surface area (Å²) in [5.41, 5.74) is 3.51. The van der Waals surface area contributed by atoms with Crippen LogP contribution in [-0.2, 0) is 4.79 Å². The molecule has 1 aliphatic rings. The molecule has 0 spiro atoms. The molecule has 8 heteroatoms. The molecule has 7 nitrogen and oxygen atoms in total. The molecule has 2 atom stereocenters. The fourth-order valence-corrected chi connectivity index (χ4v) is 4.79. The second-order valence-corrected chi connectivity index (χ2v) is 8.56. The van der Waals surface area contributed by atoms with Crippen molar-refractivity contribution in [2.75, 3.05) is 26.1 Å². The summed E-state index contributed by atoms with van der Waals surface area (Å²) in [5.74, 6) is 1.75. The Balaban J connectivity index is 1.62. The van der Waals surface area contributed by atoms with Gasteiger partial charge in [0.05, 0.1) is 24.8 Å². The highest BCUT2D eigenvalue weighted by Gasteiger charge is 2.31. The van der Waals surface area contributed by atoms with Gasteiger partial charge in [0.15, 0.2) is 0 Å². The first kappa shape index (κ1) is 22.9. The van der Waals surface area contributed by atoms with E-state index in [1.165, 1.54) is 6.08 Å². The summed E-state index contributed by atoms with van der Waals surface area (Å²) in [7, 11) is 3.21. The van der Waals surface area contributed by atoms with Crippen molar-refractivity contribution in [3.05, 3.63) is 53.7 Å². The number of amides is 1. The second kappa shape index (κ2) is 9.27. The number of benzene rings is 2. The maximum Gasteiger partial charge on any atom is 0.246 e. The summed E-state index contributed by atoms with van der Waals surface area (Å²) in [6, 6.07) is 7.96. The van der Waals surface area contributed by atoms with Gasteiger partial charge in [0, 0.05) is 47.4 Å². The standard InChI is InChI=1S/C25H27ClN4O3/c1-6-22(31)30-13-18(9-14(30)2)28-25-27-12-17-10-16(7-8-19(17)29-25)23-15(3)20(32-4)11-21(33-5)24(23)26/h6-8,10-12,14,18H,1,9,13H2,2-5H3,(H,27,28,29)/t14-,18+/m1/s1. The number of ether oxygens (including phenoxy) is 2. The van der Waals surface area contributed by atoms with Crippen molar-refractivity contribution in [1.82, 2.24) is 14.9 Å². The van der Waals surface area contributed by atoms with Crippen LogP contribution in [0.15, 0.2) is 43.1 Å². The van der Waals surface area contributed by atoms with E-state index >= 15 is 0 Å². The second-order valence-electron chi connectivity index (χ2n) is 8.18. The molecule has 2 heterocycles. The smallest absolute Gasteiger partial charge is 0.246 e. The topological polar surface area (TPSA) is 76.6 Å². The summed E-state index contributed by atoms with van der Waals surface area (Å²) >= 11 is 6.65. The molecule has 0 saturated carbocycles. The Morgan fingerprint density at radius 2 is 2.03 bits per heavy atom. The van der Waals surface area contributed by atoms with Gasteiger partial charge in [0.25, 0.3) is 0 Å². The van der Waals surface area contributed by atoms with E-state index in [-0.39, 0.29) is 18.0 Å². The van der Waals surface area contributed by atoms with E-state index in [1.807, 2.05) is 36.9 Å². The van der Waals surface area contributed by atoms with Gasteiger partial charge in [-0.15, -0.1) is 0 Å². The number of nitrogens with zero attached hydrogens (tertiary/aromatic N) is 3. The predicted molar refractivity (Wildman–Crippen MR) is 131 cm³/mol. The Labute approximate surface area is 198 Å². The molecule has 1 fully saturated rings. The Hall–Kier alpha value is -3.32. The lowest BCUT2D eigenvalue weighted by Crippen LogP contribution is -2.33. The van der Waals surface area contributed by atoms with Crippen LogP contribution in [0.1, 0.15) is 18.9 Å². The summed E-state index contributed by atoms with van der Waals surface area (Å²) in [4.78, 5) is 23.0. The minimum atomic E-state index is -0.0538. The lowest BCUT2D eigenvalue weighted by molar-refractivity contribution is -0.126. The SMILES string of the molecule is C=CC(=O)N1C[C@@H](Nc2ncc3cc(-c4c(C)c(OC)cc(OC)c4Cl)ccc3n2)C[C@H]1C. The number of nitrogens with one attached hydrogen (secondary N) is 1. The van der Waals surface area contributed by atoms with Crippen LogP contribution in [0.2, 0.25) is 5.02 Å². The molecule has 4 rings (SSSR count). The Morgan fingerprint density at radius 1 is 1.27 bits per heavy atom. The van der Waals surface area contributed by atoms with E-state index in [0.717, 1.165) is 34.0 Å². The van der Waals surface area contributed by atoms with Gasteiger partial charge in [0.2, 0.25) is 11.9 Å². The third kappa shape index (κ3) is 4.33. The zero-order valence-corrected chi connectivity index (χ0v) is 19.9. The van der Waals surface area contributed by atoms with Crippen LogP contribution in [0.25, 0.3) is 22.0 Å². The zero-order chi connectivity index (χ0) is 23.7. The van der Waals surface area contributed by atoms with Crippen LogP contribution < -0.4 is 14.8 Å². The number of hydrogen-bond acceptors (Lipinski definition) is 6. The van der Waals surface area contributed by atoms with E-state index in [1.54, 1.807) is 26.5 Å². The molecule has 172 valence electrons. The number of fused-ring (bicyclic) bond motifs is 1. The maximum absolute atomic E-state index is 12.0. The van der Waals surface area contributed by atoms with Gasteiger partial charge >= 0.3 is 0 Å². The summed E-state index contributed by atoms with van der Waals surface area (Å²) in [5, 5.41) is 4.78. The molecule has 0 radical (unpaired) electrons. The molecule has 1 aromatic heterocycles. The molecule has 1 N–H and O–H groups in total. The summed E-state index contributed by atoms with van der Waals surface area (Å²) < 4.78 is 10.9. The summed E-state index contributed by atoms with van der Waals surface area (Å²) in [6.07, 6.45) is 3.98. The van der Waals surface area contributed by atoms with Crippen molar-refractivity contribution in [2.24, 2.45) is 0 Å². The number of rotatable bonds is 6. The van der Waals surface area contributed by atoms with Crippen LogP contribution in [0.3, 0.4) is 0 Å². The Morgan fingerprint density at radius 3 is 2.73 bits per heavy atom. The molecule has 1 saturated heterocycles. The van der Waals surface area contributed by atoms with Crippen molar-refractivity contribution in [3.8, 4) is 22.6 Å². The predicted octanol–water partition coefficient (Wildman–Crippen LogP) is 4.86. The molecule has 1 amide bonds. The van der Waals surface area contributed by atoms with E-state index in [0.29, 0.717) is 29.0 Å². The van der Waals surface area contributed by atoms with Gasteiger partial charge in [-0.3, -0.25) is 4.79 Å². The number of hydrogen-bond donors (Lipinski definition) is 1. The number of aromatic nitrogens is 2. The first-order valence-electron chi connectivity index (χ1n) is 10.7. The number of likely N-dealkylation sites (tertiary alicyclic amines) is 1. The van der Waals surface area contributed by atoms with Gasteiger partial charge in [-0.2, -0.15) is 0 Å². The van der Waals surface area contributed by atoms with Gasteiger partial charge in [-0.25, -0.2) is 9.97 Å². The van der Waals surface area contributed by atoms with Crippen molar-refractivity contribution >= 4 is 34.4 Å². The van der Waals surface area contributed by atoms with Crippen LogP contribution in [-0.4, -0.2) is 53.6 Å². The molecular weight excluding hydrogens is 440 g/mol. The quantitative estimate of drug-likeness (QED) is 0.522. The average molecular weight is 467 g/mol. The number of methoxy groups -OCH3 is 2. The van der Waals surface area contributed by atoms with E-state index in [4.69, 9.17) is 21.1 Å². The molecule has 1 aliphatic heterocycles. The molecule has 33 heavy (non-hydrogen) atoms. The van der Waals surface area contributed by atoms with Gasteiger partial charge in [-0.1, -0.05) is 24.2 Å². The molecule has 2 aromatic carbocycles. The fraction of sp³-hybridized carbons (Fsp3) is 0.320. The maximum atomic E-state index is 12.0. The van der Waals surface area contributed by atoms with E-state index in [9.17, 15) is 4.79 Å². The van der Waals surface area contributed by atoms with Crippen molar-refractivity contribution < 1.29 is 14.3 Å². The van der Waals surface area contributed by atoms with Crippen LogP contribution in [0, 0.1) is 6.92 Å². The van der Waals surface area contributed by atoms with Gasteiger partial charge in [-0.05, 0) is 44.0 Å². The Bertz CT molecular complexity index is 1200. The van der Waals surface area contributed by atoms with Gasteiger partial charge in [0.1, 0.15) is 11.5 Å². The molecular formula is C25H27ClN4O3. The van der Waals surface area contributed by atoms with Crippen LogP contribution in [0.5, 0.6) is 11.5 Å². The van der Waals surface area contributed by atoms with E-state index < -0.39 is 0 Å². The lowest BCUT2D eigenvalue weighted by Gasteiger charge is -2.19. The minimum absolute atomic E-state index is 0.0538. The molecule has 3 aromatic rings. The number of carbonyl (C=O) groups excluding carboxylic acids is 1. The summed E-state index contributed by atoms with van der Waals surface area (Å²) in [6.45, 7) is 8.19.